The van der Waals surface area contributed by atoms with Crippen molar-refractivity contribution in [3.63, 3.8) is 0 Å². The number of piperidine rings is 1. The number of carbonyl (C=O) groups excluding carboxylic acids is 2. The number of rotatable bonds is 7. The smallest absolute Gasteiger partial charge is 0.326 e. The van der Waals surface area contributed by atoms with E-state index in [1.54, 1.807) is 11.9 Å². The molecule has 0 bridgehead atoms. The minimum atomic E-state index is -1.02. The molecule has 1 fully saturated rings. The Labute approximate surface area is 161 Å². The lowest BCUT2D eigenvalue weighted by atomic mass is 9.94. The third kappa shape index (κ3) is 5.31. The molecule has 1 saturated heterocycles. The first-order valence-electron chi connectivity index (χ1n) is 9.67. The zero-order valence-electron chi connectivity index (χ0n) is 16.4. The summed E-state index contributed by atoms with van der Waals surface area (Å²) < 4.78 is 0. The fraction of sp³-hybridized carbons (Fsp3) is 0.571. The summed E-state index contributed by atoms with van der Waals surface area (Å²) >= 11 is 0. The number of aliphatic carboxylic acids is 1. The molecule has 6 nitrogen and oxygen atoms in total. The number of nitrogens with zero attached hydrogens (tertiary/aromatic N) is 2. The van der Waals surface area contributed by atoms with Gasteiger partial charge in [-0.1, -0.05) is 44.2 Å². The molecule has 0 saturated carbocycles. The summed E-state index contributed by atoms with van der Waals surface area (Å²) in [5, 5.41) is 9.64. The molecule has 1 aromatic rings. The van der Waals surface area contributed by atoms with Crippen LogP contribution in [0, 0.1) is 11.8 Å². The van der Waals surface area contributed by atoms with Crippen molar-refractivity contribution in [3.05, 3.63) is 35.9 Å². The standard InChI is InChI=1S/C21H30N2O4/c1-4-15(2)19(24)23-12-8-11-17(14-23)20(25)22(3)18(21(26)27)13-16-9-6-5-7-10-16/h5-7,9-10,15,17-18H,4,8,11-14H2,1-3H3,(H,26,27). The number of likely N-dealkylation sites (tertiary alicyclic amines) is 1. The Bertz CT molecular complexity index is 661. The summed E-state index contributed by atoms with van der Waals surface area (Å²) in [4.78, 5) is 40.3. The molecule has 1 aromatic carbocycles. The normalized spacial score (nSPS) is 19.2. The Balaban J connectivity index is 2.07. The molecule has 6 heteroatoms. The van der Waals surface area contributed by atoms with Crippen molar-refractivity contribution in [1.82, 2.24) is 9.80 Å². The zero-order valence-corrected chi connectivity index (χ0v) is 16.4. The number of amides is 2. The van der Waals surface area contributed by atoms with Crippen molar-refractivity contribution in [2.75, 3.05) is 20.1 Å². The van der Waals surface area contributed by atoms with Crippen LogP contribution in [0.1, 0.15) is 38.7 Å². The fourth-order valence-electron chi connectivity index (χ4n) is 3.53. The molecule has 1 aliphatic rings. The van der Waals surface area contributed by atoms with Crippen LogP contribution in [0.4, 0.5) is 0 Å². The second-order valence-electron chi connectivity index (χ2n) is 7.43. The highest BCUT2D eigenvalue weighted by atomic mass is 16.4. The summed E-state index contributed by atoms with van der Waals surface area (Å²) in [7, 11) is 1.56. The Kier molecular flexibility index (Phi) is 7.39. The van der Waals surface area contributed by atoms with Crippen LogP contribution in [-0.4, -0.2) is 58.9 Å². The van der Waals surface area contributed by atoms with Crippen LogP contribution in [0.25, 0.3) is 0 Å². The van der Waals surface area contributed by atoms with Crippen LogP contribution in [0.15, 0.2) is 30.3 Å². The van der Waals surface area contributed by atoms with Gasteiger partial charge in [0.15, 0.2) is 0 Å². The van der Waals surface area contributed by atoms with Crippen LogP contribution in [0.5, 0.6) is 0 Å². The SMILES string of the molecule is CCC(C)C(=O)N1CCCC(C(=O)N(C)C(Cc2ccccc2)C(=O)O)C1. The van der Waals surface area contributed by atoms with E-state index in [1.165, 1.54) is 4.90 Å². The highest BCUT2D eigenvalue weighted by Gasteiger charge is 2.35. The van der Waals surface area contributed by atoms with Gasteiger partial charge in [-0.15, -0.1) is 0 Å². The molecule has 0 aromatic heterocycles. The maximum Gasteiger partial charge on any atom is 0.326 e. The molecule has 2 rings (SSSR count). The van der Waals surface area contributed by atoms with Gasteiger partial charge in [-0.2, -0.15) is 0 Å². The summed E-state index contributed by atoms with van der Waals surface area (Å²) in [6.07, 6.45) is 2.49. The first kappa shape index (κ1) is 20.9. The van der Waals surface area contributed by atoms with Gasteiger partial charge in [-0.05, 0) is 24.8 Å². The van der Waals surface area contributed by atoms with E-state index in [4.69, 9.17) is 0 Å². The molecule has 0 aliphatic carbocycles. The molecule has 27 heavy (non-hydrogen) atoms. The first-order chi connectivity index (χ1) is 12.8. The Morgan fingerprint density at radius 1 is 1.26 bits per heavy atom. The van der Waals surface area contributed by atoms with E-state index in [2.05, 4.69) is 0 Å². The summed E-state index contributed by atoms with van der Waals surface area (Å²) in [6, 6.07) is 8.40. The predicted octanol–water partition coefficient (Wildman–Crippen LogP) is 2.43. The average molecular weight is 374 g/mol. The Morgan fingerprint density at radius 2 is 1.93 bits per heavy atom. The second-order valence-corrected chi connectivity index (χ2v) is 7.43. The van der Waals surface area contributed by atoms with E-state index in [1.807, 2.05) is 44.2 Å². The molecule has 2 amide bonds. The third-order valence-electron chi connectivity index (χ3n) is 5.49. The topological polar surface area (TPSA) is 77.9 Å². The molecule has 3 unspecified atom stereocenters. The molecule has 0 spiro atoms. The average Bonchev–Trinajstić information content (AvgIpc) is 2.70. The Morgan fingerprint density at radius 3 is 2.52 bits per heavy atom. The van der Waals surface area contributed by atoms with Gasteiger partial charge >= 0.3 is 5.97 Å². The molecular formula is C21H30N2O4. The molecule has 148 valence electrons. The van der Waals surface area contributed by atoms with Crippen LogP contribution in [0.2, 0.25) is 0 Å². The Hall–Kier alpha value is -2.37. The van der Waals surface area contributed by atoms with Crippen LogP contribution < -0.4 is 0 Å². The number of hydrogen-bond acceptors (Lipinski definition) is 3. The minimum Gasteiger partial charge on any atom is -0.480 e. The number of carboxylic acids is 1. The van der Waals surface area contributed by atoms with Gasteiger partial charge in [-0.3, -0.25) is 9.59 Å². The van der Waals surface area contributed by atoms with Crippen LogP contribution in [0.3, 0.4) is 0 Å². The summed E-state index contributed by atoms with van der Waals surface area (Å²) in [6.45, 7) is 4.93. The first-order valence-corrected chi connectivity index (χ1v) is 9.67. The number of benzene rings is 1. The number of carbonyl (C=O) groups is 3. The van der Waals surface area contributed by atoms with E-state index in [0.717, 1.165) is 18.4 Å². The minimum absolute atomic E-state index is 0.0542. The monoisotopic (exact) mass is 374 g/mol. The van der Waals surface area contributed by atoms with Gasteiger partial charge in [-0.25, -0.2) is 4.79 Å². The lowest BCUT2D eigenvalue weighted by Gasteiger charge is -2.36. The van der Waals surface area contributed by atoms with Crippen molar-refractivity contribution >= 4 is 17.8 Å². The highest BCUT2D eigenvalue weighted by molar-refractivity contribution is 5.86. The van der Waals surface area contributed by atoms with Crippen molar-refractivity contribution in [2.45, 2.75) is 45.6 Å². The van der Waals surface area contributed by atoms with Crippen LogP contribution >= 0.6 is 0 Å². The highest BCUT2D eigenvalue weighted by Crippen LogP contribution is 2.22. The molecule has 1 aliphatic heterocycles. The zero-order chi connectivity index (χ0) is 20.0. The van der Waals surface area contributed by atoms with Crippen molar-refractivity contribution in [1.29, 1.82) is 0 Å². The molecule has 3 atom stereocenters. The van der Waals surface area contributed by atoms with Gasteiger partial charge in [0.05, 0.1) is 5.92 Å². The van der Waals surface area contributed by atoms with Crippen LogP contribution in [-0.2, 0) is 20.8 Å². The van der Waals surface area contributed by atoms with Gasteiger partial charge in [0.1, 0.15) is 6.04 Å². The molecule has 0 radical (unpaired) electrons. The number of likely N-dealkylation sites (N-methyl/N-ethyl adjacent to an activating group) is 1. The van der Waals surface area contributed by atoms with E-state index in [-0.39, 0.29) is 30.1 Å². The number of hydrogen-bond donors (Lipinski definition) is 1. The molecule has 1 N–H and O–H groups in total. The number of carboxylic acid groups (broad SMARTS) is 1. The molecular weight excluding hydrogens is 344 g/mol. The van der Waals surface area contributed by atoms with E-state index >= 15 is 0 Å². The van der Waals surface area contributed by atoms with Gasteiger partial charge in [0.2, 0.25) is 11.8 Å². The third-order valence-corrected chi connectivity index (χ3v) is 5.49. The lowest BCUT2D eigenvalue weighted by molar-refractivity contribution is -0.152. The fourth-order valence-corrected chi connectivity index (χ4v) is 3.53. The second kappa shape index (κ2) is 9.53. The quantitative estimate of drug-likeness (QED) is 0.795. The van der Waals surface area contributed by atoms with Crippen molar-refractivity contribution in [2.24, 2.45) is 11.8 Å². The van der Waals surface area contributed by atoms with E-state index in [9.17, 15) is 19.5 Å². The van der Waals surface area contributed by atoms with Crippen molar-refractivity contribution in [3.8, 4) is 0 Å². The lowest BCUT2D eigenvalue weighted by Crippen LogP contribution is -2.51. The maximum atomic E-state index is 13.0. The summed E-state index contributed by atoms with van der Waals surface area (Å²) in [5.74, 6) is -1.52. The van der Waals surface area contributed by atoms with Crippen molar-refractivity contribution < 1.29 is 19.5 Å². The summed E-state index contributed by atoms with van der Waals surface area (Å²) in [5.41, 5.74) is 0.877. The van der Waals surface area contributed by atoms with E-state index in [0.29, 0.717) is 19.5 Å². The van der Waals surface area contributed by atoms with Gasteiger partial charge < -0.3 is 14.9 Å². The van der Waals surface area contributed by atoms with Gasteiger partial charge in [0, 0.05) is 32.5 Å². The maximum absolute atomic E-state index is 13.0. The predicted molar refractivity (Wildman–Crippen MR) is 103 cm³/mol. The molecule has 1 heterocycles. The van der Waals surface area contributed by atoms with Gasteiger partial charge in [0.25, 0.3) is 0 Å². The largest absolute Gasteiger partial charge is 0.480 e. The van der Waals surface area contributed by atoms with E-state index < -0.39 is 12.0 Å².